The highest BCUT2D eigenvalue weighted by Gasteiger charge is 2.62. The van der Waals surface area contributed by atoms with E-state index < -0.39 is 16.1 Å². The van der Waals surface area contributed by atoms with Crippen LogP contribution in [0.2, 0.25) is 36.3 Å². The van der Waals surface area contributed by atoms with Gasteiger partial charge in [0.05, 0.1) is 16.1 Å². The van der Waals surface area contributed by atoms with Gasteiger partial charge in [-0.15, -0.1) is 0 Å². The van der Waals surface area contributed by atoms with Gasteiger partial charge in [0.2, 0.25) is 0 Å². The molecular formula is C52H80Si2. The third-order valence-electron chi connectivity index (χ3n) is 17.1. The maximum Gasteiger partial charge on any atom is 0.0859 e. The van der Waals surface area contributed by atoms with Crippen molar-refractivity contribution in [2.45, 2.75) is 183 Å². The van der Waals surface area contributed by atoms with Gasteiger partial charge in [-0.1, -0.05) is 216 Å². The Morgan fingerprint density at radius 2 is 1.09 bits per heavy atom. The van der Waals surface area contributed by atoms with Crippen LogP contribution in [0, 0.1) is 34.0 Å². The average Bonchev–Trinajstić information content (AvgIpc) is 3.79. The van der Waals surface area contributed by atoms with Crippen molar-refractivity contribution < 1.29 is 0 Å². The van der Waals surface area contributed by atoms with Crippen LogP contribution in [0.4, 0.5) is 0 Å². The number of hydrogen-bond acceptors (Lipinski definition) is 0. The Bertz CT molecular complexity index is 1620. The van der Waals surface area contributed by atoms with Crippen molar-refractivity contribution in [3.05, 3.63) is 94.1 Å². The fourth-order valence-electron chi connectivity index (χ4n) is 13.1. The third kappa shape index (κ3) is 6.71. The number of fused-ring (bicyclic) bond motifs is 2. The summed E-state index contributed by atoms with van der Waals surface area (Å²) in [5.41, 5.74) is 10.6. The molecule has 2 aromatic rings. The van der Waals surface area contributed by atoms with Crippen LogP contribution in [0.15, 0.2) is 83.0 Å². The summed E-state index contributed by atoms with van der Waals surface area (Å²) in [7, 11) is -3.03. The molecule has 1 fully saturated rings. The number of hydrogen-bond donors (Lipinski definition) is 0. The van der Waals surface area contributed by atoms with E-state index in [9.17, 15) is 0 Å². The molecule has 54 heavy (non-hydrogen) atoms. The van der Waals surface area contributed by atoms with Crippen molar-refractivity contribution in [3.8, 4) is 0 Å². The Hall–Kier alpha value is -1.91. The Balaban J connectivity index is 1.71. The molecule has 2 unspecified atom stereocenters. The molecule has 296 valence electrons. The zero-order valence-electron chi connectivity index (χ0n) is 37.4. The lowest BCUT2D eigenvalue weighted by Crippen LogP contribution is -2.51. The monoisotopic (exact) mass is 761 g/mol. The first-order valence-corrected chi connectivity index (χ1v) is 28.2. The van der Waals surface area contributed by atoms with E-state index in [0.29, 0.717) is 17.8 Å². The second-order valence-electron chi connectivity index (χ2n) is 21.0. The van der Waals surface area contributed by atoms with E-state index in [2.05, 4.69) is 151 Å². The Morgan fingerprint density at radius 1 is 0.630 bits per heavy atom. The highest BCUT2D eigenvalue weighted by atomic mass is 28.3. The molecule has 1 saturated carbocycles. The van der Waals surface area contributed by atoms with Crippen LogP contribution < -0.4 is 10.4 Å². The van der Waals surface area contributed by atoms with Gasteiger partial charge in [0.15, 0.2) is 0 Å². The average molecular weight is 761 g/mol. The minimum Gasteiger partial charge on any atom is -0.0802 e. The molecule has 0 N–H and O–H groups in total. The molecule has 0 aromatic heterocycles. The van der Waals surface area contributed by atoms with Gasteiger partial charge in [0.25, 0.3) is 0 Å². The van der Waals surface area contributed by atoms with E-state index in [1.807, 2.05) is 0 Å². The van der Waals surface area contributed by atoms with E-state index in [1.165, 1.54) is 87.6 Å². The molecule has 0 heterocycles. The fourth-order valence-corrected chi connectivity index (χ4v) is 20.3. The van der Waals surface area contributed by atoms with E-state index >= 15 is 0 Å². The topological polar surface area (TPSA) is 0 Å². The molecule has 0 spiro atoms. The Labute approximate surface area is 336 Å². The summed E-state index contributed by atoms with van der Waals surface area (Å²) in [4.78, 5) is 0. The highest BCUT2D eigenvalue weighted by Crippen LogP contribution is 2.69. The predicted molar refractivity (Wildman–Crippen MR) is 245 cm³/mol. The van der Waals surface area contributed by atoms with Crippen molar-refractivity contribution in [3.63, 3.8) is 0 Å². The van der Waals surface area contributed by atoms with Gasteiger partial charge < -0.3 is 0 Å². The zero-order chi connectivity index (χ0) is 39.3. The van der Waals surface area contributed by atoms with Crippen LogP contribution in [-0.2, 0) is 5.41 Å². The second kappa shape index (κ2) is 15.5. The van der Waals surface area contributed by atoms with Crippen LogP contribution in [0.5, 0.6) is 0 Å². The van der Waals surface area contributed by atoms with Crippen LogP contribution in [0.25, 0.3) is 0 Å². The van der Waals surface area contributed by atoms with Crippen molar-refractivity contribution in [2.75, 3.05) is 0 Å². The van der Waals surface area contributed by atoms with Crippen molar-refractivity contribution in [1.82, 2.24) is 0 Å². The summed E-state index contributed by atoms with van der Waals surface area (Å²) in [6.45, 7) is 32.6. The first-order chi connectivity index (χ1) is 25.5. The lowest BCUT2D eigenvalue weighted by Gasteiger charge is -2.55. The molecule has 0 aliphatic heterocycles. The molecular weight excluding hydrogens is 681 g/mol. The molecule has 4 aliphatic rings. The summed E-state index contributed by atoms with van der Waals surface area (Å²) < 4.78 is 0. The predicted octanol–water partition coefficient (Wildman–Crippen LogP) is 14.7. The van der Waals surface area contributed by atoms with Crippen LogP contribution in [0.1, 0.15) is 153 Å². The van der Waals surface area contributed by atoms with Crippen molar-refractivity contribution in [2.24, 2.45) is 34.0 Å². The molecule has 3 atom stereocenters. The van der Waals surface area contributed by atoms with E-state index in [-0.39, 0.29) is 21.7 Å². The molecule has 4 aliphatic carbocycles. The number of benzene rings is 2. The minimum atomic E-state index is -1.51. The number of rotatable bonds is 12. The molecule has 0 amide bonds. The summed E-state index contributed by atoms with van der Waals surface area (Å²) in [5.74, 6) is 1.73. The van der Waals surface area contributed by atoms with Crippen molar-refractivity contribution >= 4 is 26.5 Å². The minimum absolute atomic E-state index is 0.0845. The Morgan fingerprint density at radius 3 is 1.50 bits per heavy atom. The summed E-state index contributed by atoms with van der Waals surface area (Å²) >= 11 is 0. The van der Waals surface area contributed by atoms with Gasteiger partial charge in [-0.25, -0.2) is 0 Å². The maximum absolute atomic E-state index is 2.80. The molecule has 0 saturated heterocycles. The van der Waals surface area contributed by atoms with Gasteiger partial charge in [-0.2, -0.15) is 0 Å². The SMILES string of the molecule is CC[Si](CC)(CC)c1ccc(C(c2ccc([Si](CC)(CC)CC)cc2)(C2CCCC2)C2C3=C(CCC(C(C)(C)C)=C3)C3=CCC(C(C)(C)C)C[C@@]32C)cc1. The molecule has 0 radical (unpaired) electrons. The van der Waals surface area contributed by atoms with E-state index in [4.69, 9.17) is 0 Å². The number of allylic oxidation sites excluding steroid dienone is 6. The Kier molecular flexibility index (Phi) is 11.9. The second-order valence-corrected chi connectivity index (χ2v) is 31.5. The van der Waals surface area contributed by atoms with Gasteiger partial charge in [0, 0.05) is 16.7 Å². The van der Waals surface area contributed by atoms with E-state index in [1.54, 1.807) is 43.8 Å². The van der Waals surface area contributed by atoms with Crippen LogP contribution >= 0.6 is 0 Å². The van der Waals surface area contributed by atoms with Gasteiger partial charge in [0.1, 0.15) is 0 Å². The molecule has 0 bridgehead atoms. The molecule has 2 aromatic carbocycles. The smallest absolute Gasteiger partial charge is 0.0802 e. The largest absolute Gasteiger partial charge is 0.0859 e. The fraction of sp³-hybridized carbons (Fsp3) is 0.654. The standard InChI is InChI=1S/C52H80Si2/c1-14-53(15-2,16-3)43-30-24-39(25-31-43)52(38-22-20-21-23-38,40-26-32-44(33-27-40)54(17-4,18-5)19-6)48-46-36-41(49(7,8)9)28-34-45(46)47-35-29-42(50(10,11)12)37-51(47,48)13/h24-27,30-33,35-36,38,42,48H,14-23,28-29,34,37H2,1-13H3/t42?,48?,51-/m0/s1. The van der Waals surface area contributed by atoms with Gasteiger partial charge >= 0.3 is 0 Å². The molecule has 2 heteroatoms. The molecule has 0 nitrogen and oxygen atoms in total. The molecule has 6 rings (SSSR count). The summed E-state index contributed by atoms with van der Waals surface area (Å²) in [5, 5.41) is 3.38. The third-order valence-corrected chi connectivity index (χ3v) is 28.4. The van der Waals surface area contributed by atoms with Crippen molar-refractivity contribution in [1.29, 1.82) is 0 Å². The van der Waals surface area contributed by atoms with Gasteiger partial charge in [-0.3, -0.25) is 0 Å². The quantitative estimate of drug-likeness (QED) is 0.189. The maximum atomic E-state index is 2.80. The van der Waals surface area contributed by atoms with E-state index in [0.717, 1.165) is 0 Å². The first-order valence-electron chi connectivity index (χ1n) is 22.9. The highest BCUT2D eigenvalue weighted by molar-refractivity contribution is 6.92. The summed E-state index contributed by atoms with van der Waals surface area (Å²) in [6.07, 6.45) is 15.9. The summed E-state index contributed by atoms with van der Waals surface area (Å²) in [6, 6.07) is 29.5. The normalized spacial score (nSPS) is 24.4. The lowest BCUT2D eigenvalue weighted by molar-refractivity contribution is 0.0806. The zero-order valence-corrected chi connectivity index (χ0v) is 39.4. The first kappa shape index (κ1) is 41.7. The van der Waals surface area contributed by atoms with Gasteiger partial charge in [-0.05, 0) is 89.0 Å². The lowest BCUT2D eigenvalue weighted by atomic mass is 9.48. The van der Waals surface area contributed by atoms with Crippen LogP contribution in [-0.4, -0.2) is 16.1 Å². The van der Waals surface area contributed by atoms with Crippen LogP contribution in [0.3, 0.4) is 0 Å².